The minimum Gasteiger partial charge on any atom is -0.353 e. The molecule has 3 saturated heterocycles. The van der Waals surface area contributed by atoms with Gasteiger partial charge in [-0.15, -0.1) is 0 Å². The van der Waals surface area contributed by atoms with Crippen molar-refractivity contribution in [2.45, 2.75) is 43.3 Å². The van der Waals surface area contributed by atoms with E-state index in [1.54, 1.807) is 7.11 Å². The molecule has 2 aromatic carbocycles. The highest BCUT2D eigenvalue weighted by atomic mass is 16.8. The van der Waals surface area contributed by atoms with Gasteiger partial charge in [-0.05, 0) is 0 Å². The minimum absolute atomic E-state index is 0.269. The van der Waals surface area contributed by atoms with E-state index in [0.29, 0.717) is 6.61 Å². The maximum absolute atomic E-state index is 6.27. The second kappa shape index (κ2) is 7.31. The topological polar surface area (TPSA) is 55.4 Å². The Morgan fingerprint density at radius 1 is 0.704 bits per heavy atom. The summed E-state index contributed by atoms with van der Waals surface area (Å²) < 4.78 is 36.1. The third-order valence-electron chi connectivity index (χ3n) is 5.22. The van der Waals surface area contributed by atoms with Crippen molar-refractivity contribution in [3.8, 4) is 0 Å². The maximum atomic E-state index is 6.27. The van der Waals surface area contributed by atoms with Crippen LogP contribution in [0.1, 0.15) is 23.7 Å². The van der Waals surface area contributed by atoms with Crippen molar-refractivity contribution in [2.24, 2.45) is 0 Å². The van der Waals surface area contributed by atoms with Gasteiger partial charge < -0.3 is 28.4 Å². The zero-order valence-electron chi connectivity index (χ0n) is 15.0. The highest BCUT2D eigenvalue weighted by Gasteiger charge is 2.56. The monoisotopic (exact) mass is 370 g/mol. The Morgan fingerprint density at radius 2 is 1.30 bits per heavy atom. The molecule has 3 heterocycles. The van der Waals surface area contributed by atoms with E-state index >= 15 is 0 Å². The first-order chi connectivity index (χ1) is 13.3. The molecule has 0 bridgehead atoms. The summed E-state index contributed by atoms with van der Waals surface area (Å²) in [5.74, 6) is 0. The van der Waals surface area contributed by atoms with Crippen LogP contribution >= 0.6 is 0 Å². The molecule has 0 amide bonds. The molecule has 0 spiro atoms. The van der Waals surface area contributed by atoms with Crippen LogP contribution in [0.5, 0.6) is 0 Å². The third kappa shape index (κ3) is 3.18. The van der Waals surface area contributed by atoms with E-state index in [2.05, 4.69) is 0 Å². The second-order valence-electron chi connectivity index (χ2n) is 6.90. The number of hydrogen-bond acceptors (Lipinski definition) is 6. The lowest BCUT2D eigenvalue weighted by molar-refractivity contribution is -0.343. The van der Waals surface area contributed by atoms with Gasteiger partial charge in [-0.25, -0.2) is 0 Å². The minimum atomic E-state index is -0.523. The molecule has 0 aromatic heterocycles. The predicted octanol–water partition coefficient (Wildman–Crippen LogP) is 2.95. The summed E-state index contributed by atoms with van der Waals surface area (Å²) in [4.78, 5) is 0. The van der Waals surface area contributed by atoms with Gasteiger partial charge in [-0.1, -0.05) is 60.7 Å². The molecule has 0 unspecified atom stereocenters. The standard InChI is InChI=1S/C21H22O6/c1-22-21-18-17(26-20(27-18)14-10-6-3-7-11-14)16-15(24-21)12-23-19(25-16)13-8-4-2-5-9-13/h2-11,15-21H,12H2,1H3/t15-,16-,17+,18-,19-,20-,21+/m0/s1. The van der Waals surface area contributed by atoms with E-state index in [1.165, 1.54) is 0 Å². The first kappa shape index (κ1) is 17.3. The first-order valence-electron chi connectivity index (χ1n) is 9.19. The van der Waals surface area contributed by atoms with E-state index in [-0.39, 0.29) is 24.4 Å². The third-order valence-corrected chi connectivity index (χ3v) is 5.22. The molecule has 6 heteroatoms. The Hall–Kier alpha value is -1.80. The van der Waals surface area contributed by atoms with Crippen molar-refractivity contribution in [1.29, 1.82) is 0 Å². The number of benzene rings is 2. The normalized spacial score (nSPS) is 38.2. The van der Waals surface area contributed by atoms with E-state index in [9.17, 15) is 0 Å². The predicted molar refractivity (Wildman–Crippen MR) is 94.6 cm³/mol. The summed E-state index contributed by atoms with van der Waals surface area (Å²) in [7, 11) is 1.61. The second-order valence-corrected chi connectivity index (χ2v) is 6.90. The van der Waals surface area contributed by atoms with Gasteiger partial charge in [0.05, 0.1) is 6.61 Å². The summed E-state index contributed by atoms with van der Waals surface area (Å²) in [6, 6.07) is 19.8. The van der Waals surface area contributed by atoms with Gasteiger partial charge in [0.15, 0.2) is 18.9 Å². The summed E-state index contributed by atoms with van der Waals surface area (Å²) in [6.45, 7) is 0.409. The van der Waals surface area contributed by atoms with E-state index < -0.39 is 18.9 Å². The van der Waals surface area contributed by atoms with Crippen LogP contribution in [0.3, 0.4) is 0 Å². The van der Waals surface area contributed by atoms with E-state index in [1.807, 2.05) is 60.7 Å². The Bertz CT molecular complexity index is 754. The molecule has 0 N–H and O–H groups in total. The van der Waals surface area contributed by atoms with Crippen LogP contribution in [0.25, 0.3) is 0 Å². The van der Waals surface area contributed by atoms with Gasteiger partial charge in [0.25, 0.3) is 0 Å². The lowest BCUT2D eigenvalue weighted by atomic mass is 9.98. The maximum Gasteiger partial charge on any atom is 0.186 e. The number of rotatable bonds is 3. The van der Waals surface area contributed by atoms with Crippen molar-refractivity contribution >= 4 is 0 Å². The quantitative estimate of drug-likeness (QED) is 0.828. The molecule has 6 nitrogen and oxygen atoms in total. The lowest BCUT2D eigenvalue weighted by Gasteiger charge is -2.45. The van der Waals surface area contributed by atoms with Gasteiger partial charge in [-0.2, -0.15) is 0 Å². The Morgan fingerprint density at radius 3 is 1.96 bits per heavy atom. The van der Waals surface area contributed by atoms with Crippen LogP contribution in [0.15, 0.2) is 60.7 Å². The fourth-order valence-corrected chi connectivity index (χ4v) is 3.90. The Kier molecular flexibility index (Phi) is 4.69. The van der Waals surface area contributed by atoms with Crippen LogP contribution in [-0.4, -0.2) is 44.4 Å². The van der Waals surface area contributed by atoms with Crippen molar-refractivity contribution in [3.63, 3.8) is 0 Å². The van der Waals surface area contributed by atoms with Crippen molar-refractivity contribution in [3.05, 3.63) is 71.8 Å². The van der Waals surface area contributed by atoms with Crippen molar-refractivity contribution in [2.75, 3.05) is 13.7 Å². The molecule has 142 valence electrons. The van der Waals surface area contributed by atoms with Crippen molar-refractivity contribution in [1.82, 2.24) is 0 Å². The zero-order chi connectivity index (χ0) is 18.2. The van der Waals surface area contributed by atoms with Crippen LogP contribution < -0.4 is 0 Å². The smallest absolute Gasteiger partial charge is 0.186 e. The highest BCUT2D eigenvalue weighted by molar-refractivity contribution is 5.18. The van der Waals surface area contributed by atoms with Gasteiger partial charge in [0.1, 0.15) is 24.4 Å². The molecule has 5 rings (SSSR count). The summed E-state index contributed by atoms with van der Waals surface area (Å²) in [5, 5.41) is 0. The van der Waals surface area contributed by atoms with E-state index in [0.717, 1.165) is 11.1 Å². The van der Waals surface area contributed by atoms with Crippen molar-refractivity contribution < 1.29 is 28.4 Å². The Labute approximate surface area is 157 Å². The Balaban J connectivity index is 1.39. The van der Waals surface area contributed by atoms with Gasteiger partial charge in [-0.3, -0.25) is 0 Å². The molecule has 2 aromatic rings. The molecular weight excluding hydrogens is 348 g/mol. The summed E-state index contributed by atoms with van der Waals surface area (Å²) >= 11 is 0. The van der Waals surface area contributed by atoms with Crippen LogP contribution in [0.2, 0.25) is 0 Å². The van der Waals surface area contributed by atoms with Crippen LogP contribution in [0, 0.1) is 0 Å². The molecule has 3 aliphatic rings. The average molecular weight is 370 g/mol. The summed E-state index contributed by atoms with van der Waals surface area (Å²) in [5.41, 5.74) is 1.94. The lowest BCUT2D eigenvalue weighted by Crippen LogP contribution is -2.61. The van der Waals surface area contributed by atoms with Crippen LogP contribution in [-0.2, 0) is 28.4 Å². The van der Waals surface area contributed by atoms with Gasteiger partial charge in [0, 0.05) is 18.2 Å². The molecule has 0 radical (unpaired) electrons. The molecule has 27 heavy (non-hydrogen) atoms. The zero-order valence-corrected chi connectivity index (χ0v) is 15.0. The number of fused-ring (bicyclic) bond motifs is 3. The number of hydrogen-bond donors (Lipinski definition) is 0. The molecule has 3 aliphatic heterocycles. The molecule has 3 fully saturated rings. The fourth-order valence-electron chi connectivity index (χ4n) is 3.90. The largest absolute Gasteiger partial charge is 0.353 e. The summed E-state index contributed by atoms with van der Waals surface area (Å²) in [6.07, 6.45) is -2.67. The average Bonchev–Trinajstić information content (AvgIpc) is 3.20. The first-order valence-corrected chi connectivity index (χ1v) is 9.19. The number of ether oxygens (including phenoxy) is 6. The number of methoxy groups -OCH3 is 1. The highest BCUT2D eigenvalue weighted by Crippen LogP contribution is 2.43. The SMILES string of the molecule is CO[C@@H]1O[C@H]2CO[C@H](c3ccccc3)O[C@@H]2[C@H]2O[C@H](c3ccccc3)O[C@H]12. The van der Waals surface area contributed by atoms with Gasteiger partial charge in [0.2, 0.25) is 0 Å². The molecule has 0 aliphatic carbocycles. The molecular formula is C21H22O6. The molecule has 7 atom stereocenters. The van der Waals surface area contributed by atoms with Gasteiger partial charge >= 0.3 is 0 Å². The fraction of sp³-hybridized carbons (Fsp3) is 0.429. The van der Waals surface area contributed by atoms with E-state index in [4.69, 9.17) is 28.4 Å². The molecule has 0 saturated carbocycles. The van der Waals surface area contributed by atoms with Crippen LogP contribution in [0.4, 0.5) is 0 Å².